The maximum atomic E-state index is 12.2. The Kier molecular flexibility index (Phi) is 7.49. The van der Waals surface area contributed by atoms with Crippen LogP contribution in [0.1, 0.15) is 68.6 Å². The van der Waals surface area contributed by atoms with Crippen LogP contribution in [0.3, 0.4) is 0 Å². The highest BCUT2D eigenvalue weighted by Crippen LogP contribution is 2.21. The Morgan fingerprint density at radius 2 is 1.16 bits per heavy atom. The molecule has 0 amide bonds. The van der Waals surface area contributed by atoms with E-state index in [1.807, 2.05) is 0 Å². The first-order valence-corrected chi connectivity index (χ1v) is 9.26. The van der Waals surface area contributed by atoms with Crippen LogP contribution in [0.5, 0.6) is 0 Å². The van der Waals surface area contributed by atoms with Crippen LogP contribution in [-0.2, 0) is 14.5 Å². The lowest BCUT2D eigenvalue weighted by Crippen LogP contribution is -2.32. The van der Waals surface area contributed by atoms with Gasteiger partial charge >= 0.3 is 23.9 Å². The Morgan fingerprint density at radius 1 is 0.774 bits per heavy atom. The number of hydrogen-bond acceptors (Lipinski definition) is 7. The molecule has 2 aromatic carbocycles. The number of rotatable bonds is 9. The molecular weight excluding hydrogens is 408 g/mol. The summed E-state index contributed by atoms with van der Waals surface area (Å²) in [5, 5.41) is 17.8. The molecule has 0 aliphatic rings. The van der Waals surface area contributed by atoms with Gasteiger partial charge in [-0.1, -0.05) is 0 Å². The van der Waals surface area contributed by atoms with Crippen molar-refractivity contribution in [2.45, 2.75) is 38.9 Å². The molecule has 31 heavy (non-hydrogen) atoms. The smallest absolute Gasteiger partial charge is 0.373 e. The van der Waals surface area contributed by atoms with Crippen molar-refractivity contribution >= 4 is 23.9 Å². The third-order valence-electron chi connectivity index (χ3n) is 4.17. The number of aromatic carboxylic acids is 2. The first-order chi connectivity index (χ1) is 14.5. The fraction of sp³-hybridized carbons (Fsp3) is 0.273. The summed E-state index contributed by atoms with van der Waals surface area (Å²) in [6.07, 6.45) is -0.410. The molecule has 2 aromatic rings. The van der Waals surface area contributed by atoms with E-state index in [0.29, 0.717) is 0 Å². The highest BCUT2D eigenvalue weighted by Gasteiger charge is 2.28. The zero-order chi connectivity index (χ0) is 23.2. The predicted molar refractivity (Wildman–Crippen MR) is 107 cm³/mol. The largest absolute Gasteiger partial charge is 0.478 e. The van der Waals surface area contributed by atoms with Gasteiger partial charge in [0.25, 0.3) is 0 Å². The molecule has 0 aliphatic heterocycles. The van der Waals surface area contributed by atoms with Crippen molar-refractivity contribution in [2.24, 2.45) is 0 Å². The van der Waals surface area contributed by atoms with Crippen molar-refractivity contribution < 1.29 is 43.9 Å². The van der Waals surface area contributed by atoms with Crippen molar-refractivity contribution in [2.75, 3.05) is 0 Å². The van der Waals surface area contributed by atoms with Crippen LogP contribution in [0.4, 0.5) is 0 Å². The first kappa shape index (κ1) is 23.6. The second kappa shape index (κ2) is 9.86. The quantitative estimate of drug-likeness (QED) is 0.347. The van der Waals surface area contributed by atoms with Gasteiger partial charge in [0.2, 0.25) is 0 Å². The van der Waals surface area contributed by atoms with Crippen LogP contribution in [0.2, 0.25) is 0 Å². The third-order valence-corrected chi connectivity index (χ3v) is 4.17. The number of carbonyl (C=O) groups excluding carboxylic acids is 2. The fourth-order valence-corrected chi connectivity index (χ4v) is 2.72. The van der Waals surface area contributed by atoms with Crippen LogP contribution in [0, 0.1) is 0 Å². The topological polar surface area (TPSA) is 136 Å². The second-order valence-electron chi connectivity index (χ2n) is 7.40. The van der Waals surface area contributed by atoms with Gasteiger partial charge in [-0.15, -0.1) is 0 Å². The molecule has 0 spiro atoms. The van der Waals surface area contributed by atoms with Gasteiger partial charge in [0.05, 0.1) is 22.3 Å². The molecule has 1 unspecified atom stereocenters. The van der Waals surface area contributed by atoms with Gasteiger partial charge in [0.15, 0.2) is 0 Å². The maximum Gasteiger partial charge on any atom is 0.373 e. The third kappa shape index (κ3) is 6.93. The van der Waals surface area contributed by atoms with Gasteiger partial charge in [0, 0.05) is 6.42 Å². The first-order valence-electron chi connectivity index (χ1n) is 9.26. The summed E-state index contributed by atoms with van der Waals surface area (Å²) in [5.74, 6) is -3.64. The summed E-state index contributed by atoms with van der Waals surface area (Å²) < 4.78 is 5.34. The standard InChI is InChI=1S/C22H22O9/c1-13(29-20(27)16-8-4-14(5-9-16)18(23)24)12-22(2,3)31-30-21(28)17-10-6-15(7-11-17)19(25)26/h4-11,13H,12H2,1-3H3,(H,23,24)(H,25,26). The highest BCUT2D eigenvalue weighted by molar-refractivity contribution is 5.93. The van der Waals surface area contributed by atoms with Crippen molar-refractivity contribution in [1.82, 2.24) is 0 Å². The lowest BCUT2D eigenvalue weighted by atomic mass is 10.0. The maximum absolute atomic E-state index is 12.2. The normalized spacial score (nSPS) is 12.0. The minimum absolute atomic E-state index is 0.0334. The molecule has 0 saturated heterocycles. The lowest BCUT2D eigenvalue weighted by Gasteiger charge is -2.26. The zero-order valence-corrected chi connectivity index (χ0v) is 17.2. The van der Waals surface area contributed by atoms with E-state index >= 15 is 0 Å². The second-order valence-corrected chi connectivity index (χ2v) is 7.40. The molecule has 2 rings (SSSR count). The van der Waals surface area contributed by atoms with Crippen molar-refractivity contribution in [1.29, 1.82) is 0 Å². The summed E-state index contributed by atoms with van der Waals surface area (Å²) in [5.41, 5.74) is -0.592. The predicted octanol–water partition coefficient (Wildman–Crippen LogP) is 3.59. The molecule has 164 valence electrons. The van der Waals surface area contributed by atoms with E-state index in [2.05, 4.69) is 0 Å². The highest BCUT2D eigenvalue weighted by atomic mass is 17.2. The molecule has 1 atom stereocenters. The molecule has 2 N–H and O–H groups in total. The molecule has 0 heterocycles. The number of carboxylic acid groups (broad SMARTS) is 2. The van der Waals surface area contributed by atoms with Gasteiger partial charge in [-0.25, -0.2) is 19.2 Å². The Hall–Kier alpha value is -3.72. The molecule has 0 aromatic heterocycles. The van der Waals surface area contributed by atoms with Gasteiger partial charge in [-0.3, -0.25) is 4.89 Å². The molecule has 0 saturated carbocycles. The van der Waals surface area contributed by atoms with Crippen molar-refractivity contribution in [3.05, 3.63) is 70.8 Å². The number of esters is 1. The van der Waals surface area contributed by atoms with Crippen molar-refractivity contribution in [3.8, 4) is 0 Å². The molecule has 9 nitrogen and oxygen atoms in total. The zero-order valence-electron chi connectivity index (χ0n) is 17.2. The number of benzene rings is 2. The number of hydrogen-bond donors (Lipinski definition) is 2. The summed E-state index contributed by atoms with van der Waals surface area (Å²) in [6.45, 7) is 4.92. The Labute approximate surface area is 178 Å². The SMILES string of the molecule is CC(CC(C)(C)OOC(=O)c1ccc(C(=O)O)cc1)OC(=O)c1ccc(C(=O)O)cc1. The van der Waals surface area contributed by atoms with Crippen molar-refractivity contribution in [3.63, 3.8) is 0 Å². The summed E-state index contributed by atoms with van der Waals surface area (Å²) >= 11 is 0. The summed E-state index contributed by atoms with van der Waals surface area (Å²) in [6, 6.07) is 10.5. The number of ether oxygens (including phenoxy) is 1. The van der Waals surface area contributed by atoms with Gasteiger partial charge in [-0.05, 0) is 69.3 Å². The molecule has 0 fully saturated rings. The average molecular weight is 430 g/mol. The van der Waals surface area contributed by atoms with Crippen LogP contribution in [-0.4, -0.2) is 45.8 Å². The molecule has 0 radical (unpaired) electrons. The van der Waals surface area contributed by atoms with Crippen LogP contribution < -0.4 is 0 Å². The van der Waals surface area contributed by atoms with E-state index in [0.717, 1.165) is 0 Å². The van der Waals surface area contributed by atoms with E-state index < -0.39 is 35.6 Å². The van der Waals surface area contributed by atoms with Gasteiger partial charge < -0.3 is 14.9 Å². The molecule has 0 aliphatic carbocycles. The van der Waals surface area contributed by atoms with E-state index in [1.165, 1.54) is 48.5 Å². The number of carbonyl (C=O) groups is 4. The number of carboxylic acids is 2. The monoisotopic (exact) mass is 430 g/mol. The summed E-state index contributed by atoms with van der Waals surface area (Å²) in [7, 11) is 0. The minimum Gasteiger partial charge on any atom is -0.478 e. The lowest BCUT2D eigenvalue weighted by molar-refractivity contribution is -0.311. The van der Waals surface area contributed by atoms with Crippen LogP contribution in [0.25, 0.3) is 0 Å². The Bertz CT molecular complexity index is 959. The van der Waals surface area contributed by atoms with Crippen LogP contribution in [0.15, 0.2) is 48.5 Å². The Morgan fingerprint density at radius 3 is 1.58 bits per heavy atom. The molecule has 9 heteroatoms. The minimum atomic E-state index is -1.11. The van der Waals surface area contributed by atoms with Gasteiger partial charge in [0.1, 0.15) is 11.7 Å². The summed E-state index contributed by atoms with van der Waals surface area (Å²) in [4.78, 5) is 56.0. The average Bonchev–Trinajstić information content (AvgIpc) is 2.71. The van der Waals surface area contributed by atoms with Gasteiger partial charge in [-0.2, -0.15) is 4.89 Å². The van der Waals surface area contributed by atoms with E-state index in [-0.39, 0.29) is 28.7 Å². The van der Waals surface area contributed by atoms with E-state index in [1.54, 1.807) is 20.8 Å². The molecule has 0 bridgehead atoms. The van der Waals surface area contributed by atoms with E-state index in [9.17, 15) is 19.2 Å². The van der Waals surface area contributed by atoms with E-state index in [4.69, 9.17) is 24.7 Å². The van der Waals surface area contributed by atoms with Crippen LogP contribution >= 0.6 is 0 Å². The fourth-order valence-electron chi connectivity index (χ4n) is 2.72. The Balaban J connectivity index is 1.87. The molecular formula is C22H22O9.